The van der Waals surface area contributed by atoms with Gasteiger partial charge in [0.15, 0.2) is 0 Å². The molecule has 17 heavy (non-hydrogen) atoms. The fraction of sp³-hybridized carbons (Fsp3) is 0.615. The number of hydrogen-bond acceptors (Lipinski definition) is 4. The third kappa shape index (κ3) is 1.97. The molecular weight excluding hydrogens is 212 g/mol. The minimum atomic E-state index is 0.739. The van der Waals surface area contributed by atoms with Crippen LogP contribution in [0.5, 0.6) is 0 Å². The van der Waals surface area contributed by atoms with Crippen LogP contribution < -0.4 is 10.6 Å². The van der Waals surface area contributed by atoms with Gasteiger partial charge in [0.1, 0.15) is 5.82 Å². The van der Waals surface area contributed by atoms with E-state index in [4.69, 9.17) is 5.73 Å². The highest BCUT2D eigenvalue weighted by Gasteiger charge is 2.30. The molecule has 4 heteroatoms. The van der Waals surface area contributed by atoms with Crippen molar-refractivity contribution >= 4 is 11.5 Å². The van der Waals surface area contributed by atoms with Crippen LogP contribution in [0.2, 0.25) is 0 Å². The van der Waals surface area contributed by atoms with Crippen molar-refractivity contribution < 1.29 is 0 Å². The summed E-state index contributed by atoms with van der Waals surface area (Å²) in [6.45, 7) is 6.72. The number of aryl methyl sites for hydroxylation is 1. The van der Waals surface area contributed by atoms with Crippen LogP contribution in [0.3, 0.4) is 0 Å². The predicted molar refractivity (Wildman–Crippen MR) is 70.2 cm³/mol. The summed E-state index contributed by atoms with van der Waals surface area (Å²) in [5.41, 5.74) is 7.73. The first-order valence-electron chi connectivity index (χ1n) is 6.45. The molecule has 1 aromatic heterocycles. The monoisotopic (exact) mass is 232 g/mol. The zero-order valence-corrected chi connectivity index (χ0v) is 10.4. The molecule has 0 aromatic carbocycles. The average molecular weight is 232 g/mol. The second-order valence-corrected chi connectivity index (χ2v) is 5.18. The number of piperazine rings is 1. The van der Waals surface area contributed by atoms with Crippen molar-refractivity contribution in [2.24, 2.45) is 0 Å². The number of hydrogen-bond donors (Lipinski definition) is 1. The largest absolute Gasteiger partial charge is 0.397 e. The second kappa shape index (κ2) is 4.18. The van der Waals surface area contributed by atoms with E-state index >= 15 is 0 Å². The molecule has 0 radical (unpaired) electrons. The van der Waals surface area contributed by atoms with Gasteiger partial charge in [-0.25, -0.2) is 4.98 Å². The molecule has 2 aliphatic rings. The van der Waals surface area contributed by atoms with Crippen LogP contribution in [0.25, 0.3) is 0 Å². The fourth-order valence-electron chi connectivity index (χ4n) is 2.92. The number of nitrogens with zero attached hydrogens (tertiary/aromatic N) is 3. The first kappa shape index (κ1) is 10.8. The molecule has 3 rings (SSSR count). The van der Waals surface area contributed by atoms with E-state index in [1.165, 1.54) is 25.9 Å². The standard InChI is InChI=1S/C13H20N4/c1-10-7-13(15-8-12(10)14)17-6-5-16-4-2-3-11(16)9-17/h7-8,11H,2-6,9,14H2,1H3. The van der Waals surface area contributed by atoms with Crippen molar-refractivity contribution in [1.29, 1.82) is 0 Å². The number of pyridine rings is 1. The van der Waals surface area contributed by atoms with Gasteiger partial charge in [0, 0.05) is 25.7 Å². The number of aromatic nitrogens is 1. The lowest BCUT2D eigenvalue weighted by Gasteiger charge is -2.38. The van der Waals surface area contributed by atoms with Crippen molar-refractivity contribution in [3.05, 3.63) is 17.8 Å². The van der Waals surface area contributed by atoms with Crippen molar-refractivity contribution in [3.63, 3.8) is 0 Å². The van der Waals surface area contributed by atoms with E-state index in [9.17, 15) is 0 Å². The van der Waals surface area contributed by atoms with Gasteiger partial charge in [-0.1, -0.05) is 0 Å². The number of fused-ring (bicyclic) bond motifs is 1. The third-order valence-corrected chi connectivity index (χ3v) is 4.05. The molecule has 2 fully saturated rings. The molecule has 0 amide bonds. The first-order chi connectivity index (χ1) is 8.24. The molecule has 0 aliphatic carbocycles. The fourth-order valence-corrected chi connectivity index (χ4v) is 2.92. The van der Waals surface area contributed by atoms with Crippen molar-refractivity contribution in [1.82, 2.24) is 9.88 Å². The van der Waals surface area contributed by atoms with Gasteiger partial charge in [-0.3, -0.25) is 4.90 Å². The Morgan fingerprint density at radius 2 is 2.24 bits per heavy atom. The van der Waals surface area contributed by atoms with E-state index in [0.717, 1.165) is 36.2 Å². The van der Waals surface area contributed by atoms with Crippen LogP contribution in [-0.4, -0.2) is 42.1 Å². The molecule has 2 saturated heterocycles. The molecule has 0 spiro atoms. The van der Waals surface area contributed by atoms with Crippen LogP contribution in [0.4, 0.5) is 11.5 Å². The molecule has 1 aromatic rings. The smallest absolute Gasteiger partial charge is 0.128 e. The van der Waals surface area contributed by atoms with Gasteiger partial charge in [-0.05, 0) is 37.9 Å². The van der Waals surface area contributed by atoms with Gasteiger partial charge in [0.25, 0.3) is 0 Å². The maximum atomic E-state index is 5.81. The van der Waals surface area contributed by atoms with Gasteiger partial charge >= 0.3 is 0 Å². The van der Waals surface area contributed by atoms with E-state index in [1.54, 1.807) is 6.20 Å². The average Bonchev–Trinajstić information content (AvgIpc) is 2.79. The van der Waals surface area contributed by atoms with E-state index in [0.29, 0.717) is 0 Å². The van der Waals surface area contributed by atoms with Crippen LogP contribution in [0.15, 0.2) is 12.3 Å². The zero-order chi connectivity index (χ0) is 11.8. The predicted octanol–water partition coefficient (Wildman–Crippen LogP) is 1.26. The van der Waals surface area contributed by atoms with E-state index in [1.807, 2.05) is 6.92 Å². The Morgan fingerprint density at radius 1 is 1.35 bits per heavy atom. The first-order valence-corrected chi connectivity index (χ1v) is 6.45. The van der Waals surface area contributed by atoms with E-state index < -0.39 is 0 Å². The molecular formula is C13H20N4. The number of nitrogens with two attached hydrogens (primary N) is 1. The highest BCUT2D eigenvalue weighted by molar-refractivity contribution is 5.52. The molecule has 0 saturated carbocycles. The Kier molecular flexibility index (Phi) is 2.67. The Hall–Kier alpha value is -1.29. The molecule has 3 heterocycles. The van der Waals surface area contributed by atoms with Gasteiger partial charge in [0.2, 0.25) is 0 Å². The van der Waals surface area contributed by atoms with Crippen LogP contribution in [0, 0.1) is 6.92 Å². The van der Waals surface area contributed by atoms with Gasteiger partial charge in [-0.2, -0.15) is 0 Å². The summed E-state index contributed by atoms with van der Waals surface area (Å²) in [6.07, 6.45) is 4.48. The third-order valence-electron chi connectivity index (χ3n) is 4.05. The normalized spacial score (nSPS) is 25.0. The molecule has 0 bridgehead atoms. The highest BCUT2D eigenvalue weighted by Crippen LogP contribution is 2.25. The quantitative estimate of drug-likeness (QED) is 0.791. The molecule has 1 unspecified atom stereocenters. The Bertz CT molecular complexity index is 418. The van der Waals surface area contributed by atoms with E-state index in [2.05, 4.69) is 20.9 Å². The van der Waals surface area contributed by atoms with Gasteiger partial charge < -0.3 is 10.6 Å². The van der Waals surface area contributed by atoms with Crippen LogP contribution in [-0.2, 0) is 0 Å². The summed E-state index contributed by atoms with van der Waals surface area (Å²) in [5, 5.41) is 0. The summed E-state index contributed by atoms with van der Waals surface area (Å²) in [7, 11) is 0. The van der Waals surface area contributed by atoms with Gasteiger partial charge in [-0.15, -0.1) is 0 Å². The van der Waals surface area contributed by atoms with Crippen LogP contribution in [0.1, 0.15) is 18.4 Å². The molecule has 1 atom stereocenters. The summed E-state index contributed by atoms with van der Waals surface area (Å²) < 4.78 is 0. The lowest BCUT2D eigenvalue weighted by molar-refractivity contribution is 0.230. The summed E-state index contributed by atoms with van der Waals surface area (Å²) >= 11 is 0. The lowest BCUT2D eigenvalue weighted by Crippen LogP contribution is -2.50. The minimum absolute atomic E-state index is 0.739. The molecule has 92 valence electrons. The van der Waals surface area contributed by atoms with Crippen molar-refractivity contribution in [2.45, 2.75) is 25.8 Å². The number of anilines is 2. The maximum Gasteiger partial charge on any atom is 0.128 e. The summed E-state index contributed by atoms with van der Waals surface area (Å²) in [4.78, 5) is 9.47. The molecule has 2 N–H and O–H groups in total. The lowest BCUT2D eigenvalue weighted by atomic mass is 10.1. The summed E-state index contributed by atoms with van der Waals surface area (Å²) in [5.74, 6) is 1.09. The maximum absolute atomic E-state index is 5.81. The summed E-state index contributed by atoms with van der Waals surface area (Å²) in [6, 6.07) is 2.85. The Morgan fingerprint density at radius 3 is 3.06 bits per heavy atom. The SMILES string of the molecule is Cc1cc(N2CCN3CCCC3C2)ncc1N. The number of nitrogen functional groups attached to an aromatic ring is 1. The second-order valence-electron chi connectivity index (χ2n) is 5.18. The molecule has 2 aliphatic heterocycles. The van der Waals surface area contributed by atoms with E-state index in [-0.39, 0.29) is 0 Å². The van der Waals surface area contributed by atoms with Gasteiger partial charge in [0.05, 0.1) is 11.9 Å². The molecule has 4 nitrogen and oxygen atoms in total. The van der Waals surface area contributed by atoms with Crippen molar-refractivity contribution in [3.8, 4) is 0 Å². The zero-order valence-electron chi connectivity index (χ0n) is 10.4. The Balaban J connectivity index is 1.78. The van der Waals surface area contributed by atoms with Crippen molar-refractivity contribution in [2.75, 3.05) is 36.8 Å². The minimum Gasteiger partial charge on any atom is -0.397 e. The number of rotatable bonds is 1. The van der Waals surface area contributed by atoms with Crippen LogP contribution >= 0.6 is 0 Å². The highest BCUT2D eigenvalue weighted by atomic mass is 15.3. The Labute approximate surface area is 102 Å². The topological polar surface area (TPSA) is 45.4 Å².